The Morgan fingerprint density at radius 3 is 1.56 bits per heavy atom. The number of rotatable bonds is 5. The lowest BCUT2D eigenvalue weighted by Gasteiger charge is -2.09. The van der Waals surface area contributed by atoms with Crippen LogP contribution in [0.15, 0.2) is 0 Å². The first-order chi connectivity index (χ1) is 4.35. The molecule has 0 aromatic carbocycles. The molecule has 9 heavy (non-hydrogen) atoms. The van der Waals surface area contributed by atoms with Crippen LogP contribution in [0.2, 0.25) is 0 Å². The zero-order valence-electron chi connectivity index (χ0n) is 5.32. The highest BCUT2D eigenvalue weighted by Gasteiger charge is 2.02. The number of aliphatic hydroxyl groups is 3. The van der Waals surface area contributed by atoms with Crippen LogP contribution in [0.1, 0.15) is 0 Å². The molecule has 0 saturated heterocycles. The molecule has 0 fully saturated rings. The second kappa shape index (κ2) is 6.43. The Balaban J connectivity index is 3.18. The fraction of sp³-hybridized carbons (Fsp3) is 1.00. The minimum absolute atomic E-state index is 0.117. The highest BCUT2D eigenvalue weighted by Crippen LogP contribution is 2.31. The summed E-state index contributed by atoms with van der Waals surface area (Å²) < 4.78 is 0. The maximum Gasteiger partial charge on any atom is 0.0626 e. The van der Waals surface area contributed by atoms with Gasteiger partial charge in [-0.1, -0.05) is 7.92 Å². The number of hydrogen-bond donors (Lipinski definition) is 3. The van der Waals surface area contributed by atoms with E-state index in [0.29, 0.717) is 12.3 Å². The summed E-state index contributed by atoms with van der Waals surface area (Å²) in [4.78, 5) is 0. The summed E-state index contributed by atoms with van der Waals surface area (Å²) in [7, 11) is -0.503. The van der Waals surface area contributed by atoms with Crippen molar-refractivity contribution in [3.63, 3.8) is 0 Å². The molecule has 0 aliphatic rings. The lowest BCUT2D eigenvalue weighted by Crippen LogP contribution is -2.00. The second-order valence-electron chi connectivity index (χ2n) is 1.71. The average Bonchev–Trinajstić information content (AvgIpc) is 1.88. The Morgan fingerprint density at radius 1 is 0.889 bits per heavy atom. The van der Waals surface area contributed by atoms with Gasteiger partial charge in [0.05, 0.1) is 6.35 Å². The van der Waals surface area contributed by atoms with Crippen LogP contribution in [-0.4, -0.2) is 47.2 Å². The lowest BCUT2D eigenvalue weighted by atomic mass is 10.9. The molecule has 0 aliphatic heterocycles. The van der Waals surface area contributed by atoms with Crippen LogP contribution in [0.25, 0.3) is 0 Å². The van der Waals surface area contributed by atoms with E-state index in [1.165, 1.54) is 0 Å². The summed E-state index contributed by atoms with van der Waals surface area (Å²) in [6.07, 6.45) is 1.41. The molecule has 0 spiro atoms. The first kappa shape index (κ1) is 9.31. The van der Waals surface area contributed by atoms with E-state index in [2.05, 4.69) is 0 Å². The van der Waals surface area contributed by atoms with Crippen molar-refractivity contribution in [3.05, 3.63) is 0 Å². The van der Waals surface area contributed by atoms with Crippen LogP contribution < -0.4 is 0 Å². The van der Waals surface area contributed by atoms with Gasteiger partial charge in [-0.15, -0.1) is 0 Å². The van der Waals surface area contributed by atoms with Crippen LogP contribution in [0.4, 0.5) is 0 Å². The Bertz CT molecular complexity index is 54.2. The van der Waals surface area contributed by atoms with E-state index < -0.39 is 7.92 Å². The summed E-state index contributed by atoms with van der Waals surface area (Å²) in [5.74, 6) is 0. The molecule has 3 N–H and O–H groups in total. The minimum atomic E-state index is -0.503. The molecule has 0 atom stereocenters. The van der Waals surface area contributed by atoms with E-state index in [-0.39, 0.29) is 19.6 Å². The lowest BCUT2D eigenvalue weighted by molar-refractivity contribution is 0.310. The molecule has 0 saturated carbocycles. The SMILES string of the molecule is OCCP(CO)CCO. The van der Waals surface area contributed by atoms with Crippen LogP contribution >= 0.6 is 7.92 Å². The van der Waals surface area contributed by atoms with Crippen molar-refractivity contribution in [3.8, 4) is 0 Å². The second-order valence-corrected chi connectivity index (χ2v) is 4.23. The van der Waals surface area contributed by atoms with Gasteiger partial charge in [0.1, 0.15) is 0 Å². The van der Waals surface area contributed by atoms with E-state index in [9.17, 15) is 0 Å². The Morgan fingerprint density at radius 2 is 1.33 bits per heavy atom. The maximum absolute atomic E-state index is 8.59. The minimum Gasteiger partial charge on any atom is -0.396 e. The third-order valence-electron chi connectivity index (χ3n) is 1.03. The largest absolute Gasteiger partial charge is 0.396 e. The smallest absolute Gasteiger partial charge is 0.0626 e. The highest BCUT2D eigenvalue weighted by molar-refractivity contribution is 7.57. The number of aliphatic hydroxyl groups excluding tert-OH is 3. The molecule has 0 rings (SSSR count). The normalized spacial score (nSPS) is 10.7. The van der Waals surface area contributed by atoms with E-state index in [1.54, 1.807) is 0 Å². The Kier molecular flexibility index (Phi) is 6.65. The van der Waals surface area contributed by atoms with Gasteiger partial charge in [0, 0.05) is 13.2 Å². The van der Waals surface area contributed by atoms with Crippen LogP contribution in [0.5, 0.6) is 0 Å². The van der Waals surface area contributed by atoms with Gasteiger partial charge in [-0.2, -0.15) is 0 Å². The van der Waals surface area contributed by atoms with Crippen molar-refractivity contribution >= 4 is 7.92 Å². The molecule has 4 heteroatoms. The molecular weight excluding hydrogens is 139 g/mol. The molecular formula is C5H13O3P. The van der Waals surface area contributed by atoms with Gasteiger partial charge in [0.25, 0.3) is 0 Å². The van der Waals surface area contributed by atoms with Gasteiger partial charge in [-0.3, -0.25) is 0 Å². The van der Waals surface area contributed by atoms with Gasteiger partial charge in [0.15, 0.2) is 0 Å². The molecule has 0 bridgehead atoms. The van der Waals surface area contributed by atoms with Gasteiger partial charge in [-0.25, -0.2) is 0 Å². The standard InChI is InChI=1S/C5H13O3P/c6-1-3-9(5-8)4-2-7/h6-8H,1-5H2. The number of hydrogen-bond acceptors (Lipinski definition) is 3. The molecule has 0 heterocycles. The summed E-state index contributed by atoms with van der Waals surface area (Å²) in [6.45, 7) is 0.235. The molecule has 0 unspecified atom stereocenters. The fourth-order valence-electron chi connectivity index (χ4n) is 0.536. The van der Waals surface area contributed by atoms with Crippen molar-refractivity contribution in [2.45, 2.75) is 0 Å². The molecule has 0 amide bonds. The van der Waals surface area contributed by atoms with E-state index in [1.807, 2.05) is 0 Å². The van der Waals surface area contributed by atoms with Crippen LogP contribution in [-0.2, 0) is 0 Å². The quantitative estimate of drug-likeness (QED) is 0.461. The summed E-state index contributed by atoms with van der Waals surface area (Å²) in [5, 5.41) is 25.4. The first-order valence-electron chi connectivity index (χ1n) is 2.90. The van der Waals surface area contributed by atoms with E-state index in [0.717, 1.165) is 0 Å². The summed E-state index contributed by atoms with van der Waals surface area (Å²) in [6, 6.07) is 0. The zero-order chi connectivity index (χ0) is 7.11. The van der Waals surface area contributed by atoms with Crippen LogP contribution in [0, 0.1) is 0 Å². The monoisotopic (exact) mass is 152 g/mol. The van der Waals surface area contributed by atoms with Gasteiger partial charge < -0.3 is 15.3 Å². The maximum atomic E-state index is 8.59. The summed E-state index contributed by atoms with van der Waals surface area (Å²) in [5.41, 5.74) is 0. The van der Waals surface area contributed by atoms with Gasteiger partial charge in [0.2, 0.25) is 0 Å². The molecule has 0 aromatic rings. The predicted octanol–water partition coefficient (Wildman–Crippen LogP) is -0.597. The molecule has 0 radical (unpaired) electrons. The van der Waals surface area contributed by atoms with Crippen molar-refractivity contribution in [2.75, 3.05) is 31.9 Å². The highest BCUT2D eigenvalue weighted by atomic mass is 31.1. The van der Waals surface area contributed by atoms with Crippen molar-refractivity contribution in [1.82, 2.24) is 0 Å². The average molecular weight is 152 g/mol. The van der Waals surface area contributed by atoms with Crippen molar-refractivity contribution < 1.29 is 15.3 Å². The van der Waals surface area contributed by atoms with E-state index >= 15 is 0 Å². The Hall–Kier alpha value is 0.310. The Labute approximate surface area is 56.1 Å². The third-order valence-corrected chi connectivity index (χ3v) is 3.10. The van der Waals surface area contributed by atoms with Crippen molar-refractivity contribution in [1.29, 1.82) is 0 Å². The van der Waals surface area contributed by atoms with Gasteiger partial charge >= 0.3 is 0 Å². The van der Waals surface area contributed by atoms with Crippen LogP contribution in [0.3, 0.4) is 0 Å². The first-order valence-corrected chi connectivity index (χ1v) is 4.79. The third kappa shape index (κ3) is 4.79. The molecule has 0 aromatic heterocycles. The molecule has 0 aliphatic carbocycles. The molecule has 56 valence electrons. The predicted molar refractivity (Wildman–Crippen MR) is 37.9 cm³/mol. The fourth-order valence-corrected chi connectivity index (χ4v) is 1.61. The zero-order valence-corrected chi connectivity index (χ0v) is 6.22. The molecule has 3 nitrogen and oxygen atoms in total. The van der Waals surface area contributed by atoms with Crippen molar-refractivity contribution in [2.24, 2.45) is 0 Å². The van der Waals surface area contributed by atoms with Gasteiger partial charge in [-0.05, 0) is 12.3 Å². The van der Waals surface area contributed by atoms with E-state index in [4.69, 9.17) is 15.3 Å². The topological polar surface area (TPSA) is 60.7 Å². The summed E-state index contributed by atoms with van der Waals surface area (Å²) >= 11 is 0.